The Labute approximate surface area is 187 Å². The van der Waals surface area contributed by atoms with Gasteiger partial charge in [0.2, 0.25) is 0 Å². The van der Waals surface area contributed by atoms with E-state index in [-0.39, 0.29) is 5.01 Å². The number of nitrogens with one attached hydrogen (secondary N) is 2. The smallest absolute Gasteiger partial charge is 0.396 e. The lowest BCUT2D eigenvalue weighted by Crippen LogP contribution is -2.17. The van der Waals surface area contributed by atoms with Gasteiger partial charge in [-0.1, -0.05) is 42.5 Å². The van der Waals surface area contributed by atoms with Crippen molar-refractivity contribution in [2.24, 2.45) is 5.92 Å². The summed E-state index contributed by atoms with van der Waals surface area (Å²) in [7, 11) is 0. The monoisotopic (exact) mass is 461 g/mol. The molecule has 0 saturated heterocycles. The van der Waals surface area contributed by atoms with Gasteiger partial charge in [0.25, 0.3) is 5.91 Å². The molecule has 4 rings (SSSR count). The first-order valence-corrected chi connectivity index (χ1v) is 10.7. The van der Waals surface area contributed by atoms with Crippen LogP contribution in [0.3, 0.4) is 0 Å². The van der Waals surface area contributed by atoms with E-state index in [9.17, 15) is 18.0 Å². The van der Waals surface area contributed by atoms with Crippen molar-refractivity contribution in [3.63, 3.8) is 0 Å². The zero-order valence-corrected chi connectivity index (χ0v) is 18.1. The van der Waals surface area contributed by atoms with Crippen molar-refractivity contribution < 1.29 is 23.1 Å². The molecule has 1 amide bonds. The van der Waals surface area contributed by atoms with Crippen molar-refractivity contribution in [3.05, 3.63) is 69.7 Å². The normalized spacial score (nSPS) is 13.2. The molecule has 1 saturated carbocycles. The van der Waals surface area contributed by atoms with Gasteiger partial charge in [0.05, 0.1) is 5.01 Å². The van der Waals surface area contributed by atoms with Crippen LogP contribution < -0.4 is 5.32 Å². The third-order valence-electron chi connectivity index (χ3n) is 4.73. The number of thiazole rings is 1. The molecule has 1 aliphatic rings. The second-order valence-corrected chi connectivity index (χ2v) is 8.50. The minimum absolute atomic E-state index is 0.169. The van der Waals surface area contributed by atoms with E-state index >= 15 is 0 Å². The highest BCUT2D eigenvalue weighted by Crippen LogP contribution is 2.35. The number of halogens is 3. The molecule has 0 spiro atoms. The number of hydrogen-bond acceptors (Lipinski definition) is 5. The van der Waals surface area contributed by atoms with Gasteiger partial charge >= 0.3 is 6.18 Å². The minimum Gasteiger partial charge on any atom is -0.396 e. The van der Waals surface area contributed by atoms with Crippen molar-refractivity contribution in [2.75, 3.05) is 11.9 Å². The average molecular weight is 462 g/mol. The number of aromatic nitrogens is 1. The second kappa shape index (κ2) is 10.1. The van der Waals surface area contributed by atoms with Crippen molar-refractivity contribution in [1.29, 1.82) is 5.41 Å². The first-order chi connectivity index (χ1) is 15.2. The highest BCUT2D eigenvalue weighted by Gasteiger charge is 2.39. The van der Waals surface area contributed by atoms with Gasteiger partial charge in [0.15, 0.2) is 5.69 Å². The third-order valence-corrected chi connectivity index (χ3v) is 5.70. The van der Waals surface area contributed by atoms with E-state index in [1.807, 2.05) is 0 Å². The van der Waals surface area contributed by atoms with Crippen molar-refractivity contribution in [2.45, 2.75) is 25.9 Å². The molecule has 1 aromatic heterocycles. The Morgan fingerprint density at radius 1 is 1.22 bits per heavy atom. The van der Waals surface area contributed by atoms with Gasteiger partial charge in [0.1, 0.15) is 4.88 Å². The molecule has 0 atom stereocenters. The summed E-state index contributed by atoms with van der Waals surface area (Å²) in [6.45, 7) is 1.84. The first kappa shape index (κ1) is 23.6. The molecule has 5 nitrogen and oxygen atoms in total. The van der Waals surface area contributed by atoms with E-state index in [1.165, 1.54) is 26.0 Å². The Morgan fingerprint density at radius 2 is 1.88 bits per heavy atom. The zero-order chi connectivity index (χ0) is 23.3. The van der Waals surface area contributed by atoms with Gasteiger partial charge in [-0.3, -0.25) is 4.79 Å². The SMILES string of the molecule is Cc1nc(C(F)(F)F)c(C(=O)Nc2ccccc2-c2ccc(C=N)cc2)s1.OCC1CC1. The maximum Gasteiger partial charge on any atom is 0.435 e. The summed E-state index contributed by atoms with van der Waals surface area (Å²) >= 11 is 0.707. The lowest BCUT2D eigenvalue weighted by atomic mass is 10.0. The number of nitrogens with zero attached hydrogens (tertiary/aromatic N) is 1. The van der Waals surface area contributed by atoms with Gasteiger partial charge < -0.3 is 15.8 Å². The number of carbonyl (C=O) groups excluding carboxylic acids is 1. The minimum atomic E-state index is -4.69. The molecule has 0 unspecified atom stereocenters. The lowest BCUT2D eigenvalue weighted by Gasteiger charge is -2.12. The van der Waals surface area contributed by atoms with E-state index in [2.05, 4.69) is 10.3 Å². The van der Waals surface area contributed by atoms with Crippen LogP contribution in [0.4, 0.5) is 18.9 Å². The number of para-hydroxylation sites is 1. The highest BCUT2D eigenvalue weighted by molar-refractivity contribution is 7.13. The summed E-state index contributed by atoms with van der Waals surface area (Å²) in [5.74, 6) is -0.161. The van der Waals surface area contributed by atoms with Gasteiger partial charge in [0, 0.05) is 24.1 Å². The van der Waals surface area contributed by atoms with E-state index in [0.29, 0.717) is 35.1 Å². The van der Waals surface area contributed by atoms with Gasteiger partial charge in [-0.05, 0) is 42.9 Å². The highest BCUT2D eigenvalue weighted by atomic mass is 32.1. The summed E-state index contributed by atoms with van der Waals surface area (Å²) < 4.78 is 39.4. The van der Waals surface area contributed by atoms with Crippen LogP contribution in [0.25, 0.3) is 11.1 Å². The number of aliphatic hydroxyl groups is 1. The number of rotatable bonds is 5. The Bertz CT molecular complexity index is 1090. The molecule has 3 N–H and O–H groups in total. The topological polar surface area (TPSA) is 86.1 Å². The van der Waals surface area contributed by atoms with Crippen LogP contribution >= 0.6 is 11.3 Å². The van der Waals surface area contributed by atoms with Crippen molar-refractivity contribution in [3.8, 4) is 11.1 Å². The Morgan fingerprint density at radius 3 is 2.41 bits per heavy atom. The van der Waals surface area contributed by atoms with Crippen LogP contribution in [0.5, 0.6) is 0 Å². The number of hydrogen-bond donors (Lipinski definition) is 3. The zero-order valence-electron chi connectivity index (χ0n) is 17.2. The molecule has 9 heteroatoms. The molecule has 0 bridgehead atoms. The fourth-order valence-corrected chi connectivity index (χ4v) is 3.69. The van der Waals surface area contributed by atoms with Crippen LogP contribution in [-0.4, -0.2) is 28.8 Å². The Balaban J connectivity index is 0.000000509. The number of aliphatic hydroxyl groups excluding tert-OH is 1. The predicted molar refractivity (Wildman–Crippen MR) is 119 cm³/mol. The number of carbonyl (C=O) groups is 1. The molecule has 3 aromatic rings. The number of aryl methyl sites for hydroxylation is 1. The van der Waals surface area contributed by atoms with E-state index in [0.717, 1.165) is 11.1 Å². The third kappa shape index (κ3) is 6.02. The van der Waals surface area contributed by atoms with Gasteiger partial charge in [-0.15, -0.1) is 11.3 Å². The Hall–Kier alpha value is -3.04. The molecule has 2 aromatic carbocycles. The molecule has 1 heterocycles. The standard InChI is InChI=1S/C19H14F3N3OS.C4H8O/c1-11-24-17(19(20,21)22)16(27-11)18(26)25-15-5-3-2-4-14(15)13-8-6-12(10-23)7-9-13;5-3-4-1-2-4/h2-10,23H,1H3,(H,25,26);4-5H,1-3H2. The molecule has 0 radical (unpaired) electrons. The fraction of sp³-hybridized carbons (Fsp3) is 0.261. The predicted octanol–water partition coefficient (Wildman–Crippen LogP) is 5.78. The van der Waals surface area contributed by atoms with Crippen LogP contribution in [0.15, 0.2) is 48.5 Å². The van der Waals surface area contributed by atoms with Crippen LogP contribution in [-0.2, 0) is 6.18 Å². The molecule has 168 valence electrons. The number of benzene rings is 2. The second-order valence-electron chi connectivity index (χ2n) is 7.30. The fourth-order valence-electron chi connectivity index (χ4n) is 2.86. The van der Waals surface area contributed by atoms with Gasteiger partial charge in [-0.25, -0.2) is 4.98 Å². The van der Waals surface area contributed by atoms with Crippen molar-refractivity contribution >= 4 is 29.1 Å². The van der Waals surface area contributed by atoms with E-state index < -0.39 is 22.7 Å². The maximum atomic E-state index is 13.1. The molecule has 32 heavy (non-hydrogen) atoms. The quantitative estimate of drug-likeness (QED) is 0.421. The molecular formula is C23H22F3N3O2S. The Kier molecular flexibility index (Phi) is 7.42. The lowest BCUT2D eigenvalue weighted by molar-refractivity contribution is -0.141. The summed E-state index contributed by atoms with van der Waals surface area (Å²) in [6.07, 6.45) is -0.963. The van der Waals surface area contributed by atoms with E-state index in [1.54, 1.807) is 48.5 Å². The largest absolute Gasteiger partial charge is 0.435 e. The summed E-state index contributed by atoms with van der Waals surface area (Å²) in [5, 5.41) is 18.2. The molecular weight excluding hydrogens is 439 g/mol. The van der Waals surface area contributed by atoms with Crippen molar-refractivity contribution in [1.82, 2.24) is 4.98 Å². The number of alkyl halides is 3. The molecule has 1 fully saturated rings. The number of amides is 1. The average Bonchev–Trinajstić information content (AvgIpc) is 3.53. The van der Waals surface area contributed by atoms with Crippen LogP contribution in [0, 0.1) is 18.3 Å². The summed E-state index contributed by atoms with van der Waals surface area (Å²) in [6, 6.07) is 13.9. The van der Waals surface area contributed by atoms with E-state index in [4.69, 9.17) is 10.5 Å². The van der Waals surface area contributed by atoms with Crippen LogP contribution in [0.1, 0.15) is 38.8 Å². The summed E-state index contributed by atoms with van der Waals surface area (Å²) in [5.41, 5.74) is 1.38. The number of anilines is 1. The van der Waals surface area contributed by atoms with Gasteiger partial charge in [-0.2, -0.15) is 13.2 Å². The summed E-state index contributed by atoms with van der Waals surface area (Å²) in [4.78, 5) is 15.5. The first-order valence-electron chi connectivity index (χ1n) is 9.89. The van der Waals surface area contributed by atoms with Crippen LogP contribution in [0.2, 0.25) is 0 Å². The molecule has 0 aliphatic heterocycles. The maximum absolute atomic E-state index is 13.1. The molecule has 1 aliphatic carbocycles.